The minimum Gasteiger partial charge on any atom is -0.426 e. The minimum absolute atomic E-state index is 0.215. The molecule has 1 N–H and O–H groups in total. The Labute approximate surface area is 168 Å². The van der Waals surface area contributed by atoms with Crippen LogP contribution in [0.1, 0.15) is 21.5 Å². The molecule has 1 amide bonds. The molecule has 2 aromatic carbocycles. The lowest BCUT2D eigenvalue weighted by Crippen LogP contribution is -2.22. The molecule has 0 aliphatic rings. The van der Waals surface area contributed by atoms with E-state index in [1.807, 2.05) is 42.5 Å². The van der Waals surface area contributed by atoms with Crippen molar-refractivity contribution < 1.29 is 14.3 Å². The normalized spacial score (nSPS) is 10.3. The molecule has 0 aliphatic carbocycles. The zero-order valence-electron chi connectivity index (χ0n) is 15.2. The third kappa shape index (κ3) is 6.25. The lowest BCUT2D eigenvalue weighted by molar-refractivity contribution is -0.131. The fraction of sp³-hybridized carbons (Fsp3) is 0.136. The standard InChI is InChI=1S/C22H20N2O3S/c25-21(16-28-15-18-8-5-11-23-13-18)27-20-10-4-9-19(12-20)22(26)24-14-17-6-2-1-3-7-17/h1-13H,14-16H2,(H,24,26). The summed E-state index contributed by atoms with van der Waals surface area (Å²) in [6, 6.07) is 20.1. The van der Waals surface area contributed by atoms with E-state index >= 15 is 0 Å². The summed E-state index contributed by atoms with van der Waals surface area (Å²) in [5.41, 5.74) is 2.52. The van der Waals surface area contributed by atoms with Crippen molar-refractivity contribution in [1.82, 2.24) is 10.3 Å². The maximum Gasteiger partial charge on any atom is 0.321 e. The number of ether oxygens (including phenoxy) is 1. The fourth-order valence-electron chi connectivity index (χ4n) is 2.48. The van der Waals surface area contributed by atoms with E-state index in [-0.39, 0.29) is 17.6 Å². The Morgan fingerprint density at radius 2 is 1.79 bits per heavy atom. The van der Waals surface area contributed by atoms with Gasteiger partial charge < -0.3 is 10.1 Å². The smallest absolute Gasteiger partial charge is 0.321 e. The molecule has 0 atom stereocenters. The maximum atomic E-state index is 12.3. The van der Waals surface area contributed by atoms with E-state index in [2.05, 4.69) is 10.3 Å². The van der Waals surface area contributed by atoms with Crippen LogP contribution in [-0.2, 0) is 17.1 Å². The largest absolute Gasteiger partial charge is 0.426 e. The Hall–Kier alpha value is -3.12. The molecule has 6 heteroatoms. The number of aromatic nitrogens is 1. The van der Waals surface area contributed by atoms with Crippen LogP contribution in [0.2, 0.25) is 0 Å². The van der Waals surface area contributed by atoms with Gasteiger partial charge in [-0.15, -0.1) is 11.8 Å². The highest BCUT2D eigenvalue weighted by molar-refractivity contribution is 7.99. The maximum absolute atomic E-state index is 12.3. The van der Waals surface area contributed by atoms with Gasteiger partial charge in [0, 0.05) is 30.3 Å². The predicted molar refractivity (Wildman–Crippen MR) is 110 cm³/mol. The second-order valence-corrected chi connectivity index (χ2v) is 7.01. The topological polar surface area (TPSA) is 68.3 Å². The van der Waals surface area contributed by atoms with Gasteiger partial charge in [-0.05, 0) is 35.4 Å². The van der Waals surface area contributed by atoms with Crippen molar-refractivity contribution in [3.05, 3.63) is 95.8 Å². The number of pyridine rings is 1. The predicted octanol–water partition coefficient (Wildman–Crippen LogP) is 3.85. The number of rotatable bonds is 8. The van der Waals surface area contributed by atoms with Gasteiger partial charge >= 0.3 is 5.97 Å². The van der Waals surface area contributed by atoms with Crippen molar-refractivity contribution in [3.8, 4) is 5.75 Å². The van der Waals surface area contributed by atoms with Crippen LogP contribution >= 0.6 is 11.8 Å². The molecule has 0 aliphatic heterocycles. The Morgan fingerprint density at radius 3 is 2.57 bits per heavy atom. The van der Waals surface area contributed by atoms with Crippen LogP contribution < -0.4 is 10.1 Å². The zero-order chi connectivity index (χ0) is 19.6. The highest BCUT2D eigenvalue weighted by Gasteiger charge is 2.10. The van der Waals surface area contributed by atoms with Crippen molar-refractivity contribution in [2.45, 2.75) is 12.3 Å². The second kappa shape index (κ2) is 10.3. The van der Waals surface area contributed by atoms with Crippen LogP contribution in [0.5, 0.6) is 5.75 Å². The molecule has 0 saturated heterocycles. The highest BCUT2D eigenvalue weighted by atomic mass is 32.2. The molecule has 1 aromatic heterocycles. The molecule has 3 rings (SSSR count). The Balaban J connectivity index is 1.48. The zero-order valence-corrected chi connectivity index (χ0v) is 16.0. The number of hydrogen-bond donors (Lipinski definition) is 1. The third-order valence-electron chi connectivity index (χ3n) is 3.84. The molecular weight excluding hydrogens is 372 g/mol. The van der Waals surface area contributed by atoms with Crippen LogP contribution in [0.15, 0.2) is 79.1 Å². The van der Waals surface area contributed by atoms with Crippen LogP contribution in [0, 0.1) is 0 Å². The van der Waals surface area contributed by atoms with Crippen LogP contribution in [0.4, 0.5) is 0 Å². The summed E-state index contributed by atoms with van der Waals surface area (Å²) in [6.07, 6.45) is 3.49. The summed E-state index contributed by atoms with van der Waals surface area (Å²) >= 11 is 1.46. The summed E-state index contributed by atoms with van der Waals surface area (Å²) in [5.74, 6) is 0.701. The molecular formula is C22H20N2O3S. The number of thioether (sulfide) groups is 1. The number of esters is 1. The van der Waals surface area contributed by atoms with Crippen LogP contribution in [0.3, 0.4) is 0 Å². The van der Waals surface area contributed by atoms with Crippen molar-refractivity contribution in [3.63, 3.8) is 0 Å². The number of benzene rings is 2. The summed E-state index contributed by atoms with van der Waals surface area (Å²) < 4.78 is 5.35. The average molecular weight is 392 g/mol. The number of nitrogens with one attached hydrogen (secondary N) is 1. The minimum atomic E-state index is -0.351. The summed E-state index contributed by atoms with van der Waals surface area (Å²) in [5, 5.41) is 2.86. The van der Waals surface area contributed by atoms with E-state index in [9.17, 15) is 9.59 Å². The number of carbonyl (C=O) groups is 2. The van der Waals surface area contributed by atoms with Crippen molar-refractivity contribution >= 4 is 23.6 Å². The van der Waals surface area contributed by atoms with Gasteiger partial charge in [0.15, 0.2) is 0 Å². The molecule has 142 valence electrons. The van der Waals surface area contributed by atoms with Gasteiger partial charge in [-0.25, -0.2) is 0 Å². The molecule has 0 bridgehead atoms. The Bertz CT molecular complexity index is 917. The number of amides is 1. The molecule has 0 spiro atoms. The fourth-order valence-corrected chi connectivity index (χ4v) is 3.21. The average Bonchev–Trinajstić information content (AvgIpc) is 2.74. The molecule has 0 unspecified atom stereocenters. The van der Waals surface area contributed by atoms with Crippen LogP contribution in [0.25, 0.3) is 0 Å². The van der Waals surface area contributed by atoms with E-state index in [1.165, 1.54) is 11.8 Å². The van der Waals surface area contributed by atoms with Gasteiger partial charge in [0.05, 0.1) is 5.75 Å². The summed E-state index contributed by atoms with van der Waals surface area (Å²) in [7, 11) is 0. The Morgan fingerprint density at radius 1 is 0.964 bits per heavy atom. The monoisotopic (exact) mass is 392 g/mol. The first kappa shape index (κ1) is 19.6. The van der Waals surface area contributed by atoms with Crippen molar-refractivity contribution in [2.24, 2.45) is 0 Å². The van der Waals surface area contributed by atoms with Gasteiger partial charge in [-0.3, -0.25) is 14.6 Å². The van der Waals surface area contributed by atoms with Gasteiger partial charge in [0.1, 0.15) is 5.75 Å². The van der Waals surface area contributed by atoms with Gasteiger partial charge in [0.2, 0.25) is 0 Å². The van der Waals surface area contributed by atoms with Gasteiger partial charge in [-0.1, -0.05) is 42.5 Å². The molecule has 1 heterocycles. The van der Waals surface area contributed by atoms with E-state index in [0.29, 0.717) is 23.6 Å². The third-order valence-corrected chi connectivity index (χ3v) is 4.81. The summed E-state index contributed by atoms with van der Waals surface area (Å²) in [6.45, 7) is 0.439. The van der Waals surface area contributed by atoms with E-state index in [1.54, 1.807) is 36.7 Å². The van der Waals surface area contributed by atoms with E-state index in [4.69, 9.17) is 4.74 Å². The van der Waals surface area contributed by atoms with Crippen LogP contribution in [-0.4, -0.2) is 22.6 Å². The summed E-state index contributed by atoms with van der Waals surface area (Å²) in [4.78, 5) is 28.4. The Kier molecular flexibility index (Phi) is 7.21. The van der Waals surface area contributed by atoms with E-state index in [0.717, 1.165) is 11.1 Å². The first-order chi connectivity index (χ1) is 13.7. The SMILES string of the molecule is O=C(CSCc1cccnc1)Oc1cccc(C(=O)NCc2ccccc2)c1. The second-order valence-electron chi connectivity index (χ2n) is 6.02. The van der Waals surface area contributed by atoms with Gasteiger partial charge in [-0.2, -0.15) is 0 Å². The first-order valence-electron chi connectivity index (χ1n) is 8.80. The number of hydrogen-bond acceptors (Lipinski definition) is 5. The lowest BCUT2D eigenvalue weighted by Gasteiger charge is -2.08. The van der Waals surface area contributed by atoms with E-state index < -0.39 is 0 Å². The molecule has 3 aromatic rings. The molecule has 28 heavy (non-hydrogen) atoms. The van der Waals surface area contributed by atoms with Crippen molar-refractivity contribution in [1.29, 1.82) is 0 Å². The molecule has 0 fully saturated rings. The lowest BCUT2D eigenvalue weighted by atomic mass is 10.2. The number of nitrogens with zero attached hydrogens (tertiary/aromatic N) is 1. The quantitative estimate of drug-likeness (QED) is 0.466. The van der Waals surface area contributed by atoms with Gasteiger partial charge in [0.25, 0.3) is 5.91 Å². The van der Waals surface area contributed by atoms with Crippen molar-refractivity contribution in [2.75, 3.05) is 5.75 Å². The molecule has 0 radical (unpaired) electrons. The first-order valence-corrected chi connectivity index (χ1v) is 9.96. The molecule has 5 nitrogen and oxygen atoms in total. The molecule has 0 saturated carbocycles. The number of carbonyl (C=O) groups excluding carboxylic acids is 2. The highest BCUT2D eigenvalue weighted by Crippen LogP contribution is 2.16.